The molecule has 1 fully saturated rings. The van der Waals surface area contributed by atoms with Crippen molar-refractivity contribution in [3.63, 3.8) is 0 Å². The lowest BCUT2D eigenvalue weighted by Gasteiger charge is -2.33. The van der Waals surface area contributed by atoms with Crippen molar-refractivity contribution in [1.82, 2.24) is 24.7 Å². The number of nitrogens with two attached hydrogens (primary N) is 1. The van der Waals surface area contributed by atoms with Crippen LogP contribution in [0.15, 0.2) is 60.9 Å². The van der Waals surface area contributed by atoms with Crippen LogP contribution >= 0.6 is 0 Å². The molecule has 1 saturated heterocycles. The standard InChI is InChI=1S/C28H32N8O2/c1-28(2,3)20-10-6-19(7-11-20)24(38)31-22-5-4-15-35(17-22)26-33-25-30-14-16-36(25)27(34-26)32-21-12-8-18(9-13-21)23(29)37/h6-14,16,22H,4-5,15,17H2,1-3H3,(H2,29,37)(H,31,38)(H,30,32,33,34). The molecule has 196 valence electrons. The van der Waals surface area contributed by atoms with Crippen molar-refractivity contribution in [1.29, 1.82) is 0 Å². The van der Waals surface area contributed by atoms with Crippen LogP contribution < -0.4 is 21.3 Å². The molecular formula is C28H32N8O2. The fourth-order valence-corrected chi connectivity index (χ4v) is 4.55. The molecule has 5 rings (SSSR count). The van der Waals surface area contributed by atoms with Crippen LogP contribution in [0.3, 0.4) is 0 Å². The smallest absolute Gasteiger partial charge is 0.251 e. The largest absolute Gasteiger partial charge is 0.366 e. The Balaban J connectivity index is 1.31. The van der Waals surface area contributed by atoms with Gasteiger partial charge in [0.25, 0.3) is 5.91 Å². The zero-order valence-electron chi connectivity index (χ0n) is 21.8. The first kappa shape index (κ1) is 25.2. The highest BCUT2D eigenvalue weighted by Gasteiger charge is 2.25. The van der Waals surface area contributed by atoms with Gasteiger partial charge in [-0.15, -0.1) is 0 Å². The summed E-state index contributed by atoms with van der Waals surface area (Å²) in [6.45, 7) is 7.83. The Kier molecular flexibility index (Phi) is 6.71. The van der Waals surface area contributed by atoms with E-state index in [2.05, 4.69) is 46.3 Å². The van der Waals surface area contributed by atoms with Gasteiger partial charge in [-0.05, 0) is 60.2 Å². The summed E-state index contributed by atoms with van der Waals surface area (Å²) >= 11 is 0. The molecule has 3 heterocycles. The molecule has 10 nitrogen and oxygen atoms in total. The van der Waals surface area contributed by atoms with Crippen LogP contribution in [0.5, 0.6) is 0 Å². The van der Waals surface area contributed by atoms with Gasteiger partial charge in [0.05, 0.1) is 0 Å². The highest BCUT2D eigenvalue weighted by atomic mass is 16.2. The van der Waals surface area contributed by atoms with Crippen molar-refractivity contribution in [3.8, 4) is 0 Å². The van der Waals surface area contributed by atoms with Crippen LogP contribution in [0.2, 0.25) is 0 Å². The van der Waals surface area contributed by atoms with Gasteiger partial charge in [-0.3, -0.25) is 14.0 Å². The van der Waals surface area contributed by atoms with Crippen LogP contribution in [0, 0.1) is 0 Å². The van der Waals surface area contributed by atoms with Gasteiger partial charge in [-0.2, -0.15) is 9.97 Å². The second-order valence-corrected chi connectivity index (χ2v) is 10.6. The van der Waals surface area contributed by atoms with Gasteiger partial charge < -0.3 is 21.3 Å². The number of carbonyl (C=O) groups is 2. The highest BCUT2D eigenvalue weighted by Crippen LogP contribution is 2.24. The Bertz CT molecular complexity index is 1460. The number of nitrogens with zero attached hydrogens (tertiary/aromatic N) is 5. The fourth-order valence-electron chi connectivity index (χ4n) is 4.55. The number of rotatable bonds is 6. The second-order valence-electron chi connectivity index (χ2n) is 10.6. The average molecular weight is 513 g/mol. The summed E-state index contributed by atoms with van der Waals surface area (Å²) in [5, 5.41) is 6.47. The predicted octanol–water partition coefficient (Wildman–Crippen LogP) is 3.66. The summed E-state index contributed by atoms with van der Waals surface area (Å²) in [6, 6.07) is 14.6. The number of fused-ring (bicyclic) bond motifs is 1. The molecule has 2 aromatic carbocycles. The molecule has 10 heteroatoms. The maximum Gasteiger partial charge on any atom is 0.251 e. The third-order valence-electron chi connectivity index (χ3n) is 6.73. The van der Waals surface area contributed by atoms with Crippen molar-refractivity contribution in [2.24, 2.45) is 5.73 Å². The number of primary amides is 1. The fraction of sp³-hybridized carbons (Fsp3) is 0.321. The number of imidazole rings is 1. The van der Waals surface area contributed by atoms with Gasteiger partial charge >= 0.3 is 0 Å². The molecule has 1 unspecified atom stereocenters. The van der Waals surface area contributed by atoms with E-state index in [9.17, 15) is 9.59 Å². The molecule has 1 atom stereocenters. The molecule has 0 spiro atoms. The summed E-state index contributed by atoms with van der Waals surface area (Å²) < 4.78 is 1.76. The van der Waals surface area contributed by atoms with Gasteiger partial charge in [-0.1, -0.05) is 32.9 Å². The highest BCUT2D eigenvalue weighted by molar-refractivity contribution is 5.94. The first-order chi connectivity index (χ1) is 18.2. The number of amides is 2. The monoisotopic (exact) mass is 512 g/mol. The van der Waals surface area contributed by atoms with E-state index in [0.29, 0.717) is 35.3 Å². The first-order valence-corrected chi connectivity index (χ1v) is 12.7. The molecule has 0 radical (unpaired) electrons. The third-order valence-corrected chi connectivity index (χ3v) is 6.73. The molecule has 2 aromatic heterocycles. The minimum atomic E-state index is -0.480. The van der Waals surface area contributed by atoms with E-state index in [4.69, 9.17) is 10.7 Å². The molecule has 38 heavy (non-hydrogen) atoms. The van der Waals surface area contributed by atoms with Gasteiger partial charge in [0.1, 0.15) is 0 Å². The first-order valence-electron chi connectivity index (χ1n) is 12.7. The zero-order chi connectivity index (χ0) is 26.9. The van der Waals surface area contributed by atoms with Crippen molar-refractivity contribution in [3.05, 3.63) is 77.6 Å². The number of benzene rings is 2. The van der Waals surface area contributed by atoms with E-state index >= 15 is 0 Å². The van der Waals surface area contributed by atoms with E-state index in [0.717, 1.165) is 25.1 Å². The molecule has 0 bridgehead atoms. The van der Waals surface area contributed by atoms with Crippen molar-refractivity contribution in [2.45, 2.75) is 45.1 Å². The maximum atomic E-state index is 13.0. The Hall–Kier alpha value is -4.47. The third kappa shape index (κ3) is 5.44. The number of nitrogens with one attached hydrogen (secondary N) is 2. The van der Waals surface area contributed by atoms with Crippen LogP contribution in [0.25, 0.3) is 5.78 Å². The molecule has 2 amide bonds. The Morgan fingerprint density at radius 1 is 1.00 bits per heavy atom. The summed E-state index contributed by atoms with van der Waals surface area (Å²) in [7, 11) is 0. The maximum absolute atomic E-state index is 13.0. The van der Waals surface area contributed by atoms with E-state index < -0.39 is 5.91 Å². The number of piperidine rings is 1. The Labute approximate surface area is 221 Å². The summed E-state index contributed by atoms with van der Waals surface area (Å²) in [5.74, 6) is 1.03. The number of hydrogen-bond acceptors (Lipinski definition) is 7. The minimum Gasteiger partial charge on any atom is -0.366 e. The van der Waals surface area contributed by atoms with Crippen LogP contribution in [-0.2, 0) is 5.41 Å². The summed E-state index contributed by atoms with van der Waals surface area (Å²) in [4.78, 5) is 40.2. The van der Waals surface area contributed by atoms with E-state index in [1.807, 2.05) is 24.3 Å². The molecule has 0 aliphatic carbocycles. The number of aromatic nitrogens is 4. The zero-order valence-corrected chi connectivity index (χ0v) is 21.8. The molecule has 1 aliphatic rings. The van der Waals surface area contributed by atoms with Gasteiger partial charge in [0, 0.05) is 48.3 Å². The van der Waals surface area contributed by atoms with Crippen molar-refractivity contribution < 1.29 is 9.59 Å². The quantitative estimate of drug-likeness (QED) is 0.359. The summed E-state index contributed by atoms with van der Waals surface area (Å²) in [5.41, 5.74) is 8.41. The number of carbonyl (C=O) groups excluding carboxylic acids is 2. The lowest BCUT2D eigenvalue weighted by Crippen LogP contribution is -2.48. The normalized spacial score (nSPS) is 15.9. The van der Waals surface area contributed by atoms with Gasteiger partial charge in [0.2, 0.25) is 23.6 Å². The number of hydrogen-bond donors (Lipinski definition) is 3. The molecule has 4 N–H and O–H groups in total. The van der Waals surface area contributed by atoms with Gasteiger partial charge in [0.15, 0.2) is 0 Å². The second kappa shape index (κ2) is 10.1. The van der Waals surface area contributed by atoms with Crippen molar-refractivity contribution >= 4 is 35.2 Å². The van der Waals surface area contributed by atoms with Crippen LogP contribution in [0.4, 0.5) is 17.6 Å². The Morgan fingerprint density at radius 3 is 2.39 bits per heavy atom. The van der Waals surface area contributed by atoms with Crippen LogP contribution in [-0.4, -0.2) is 50.3 Å². The lowest BCUT2D eigenvalue weighted by molar-refractivity contribution is 0.0932. The lowest BCUT2D eigenvalue weighted by atomic mass is 9.86. The van der Waals surface area contributed by atoms with E-state index in [-0.39, 0.29) is 17.4 Å². The van der Waals surface area contributed by atoms with E-state index in [1.54, 1.807) is 41.1 Å². The van der Waals surface area contributed by atoms with Crippen molar-refractivity contribution in [2.75, 3.05) is 23.3 Å². The Morgan fingerprint density at radius 2 is 1.71 bits per heavy atom. The molecule has 1 aliphatic heterocycles. The molecule has 0 saturated carbocycles. The summed E-state index contributed by atoms with van der Waals surface area (Å²) in [6.07, 6.45) is 5.22. The minimum absolute atomic E-state index is 0.0316. The molecule has 4 aromatic rings. The molecular weight excluding hydrogens is 480 g/mol. The predicted molar refractivity (Wildman–Crippen MR) is 147 cm³/mol. The van der Waals surface area contributed by atoms with E-state index in [1.165, 1.54) is 5.56 Å². The SMILES string of the molecule is CC(C)(C)c1ccc(C(=O)NC2CCCN(c3nc(Nc4ccc(C(N)=O)cc4)n4ccnc4n3)C2)cc1. The van der Waals surface area contributed by atoms with Crippen LogP contribution in [0.1, 0.15) is 59.9 Å². The van der Waals surface area contributed by atoms with Gasteiger partial charge in [-0.25, -0.2) is 4.98 Å². The number of anilines is 3. The topological polar surface area (TPSA) is 131 Å². The average Bonchev–Trinajstić information content (AvgIpc) is 3.38.